The Balaban J connectivity index is 1.75. The Morgan fingerprint density at radius 1 is 1.16 bits per heavy atom. The Morgan fingerprint density at radius 3 is 2.48 bits per heavy atom. The number of Topliss-reactive ketones (excluding diaryl/α,β-unsaturated/α-hetero) is 1. The normalized spacial score (nSPS) is 19.0. The van der Waals surface area contributed by atoms with Crippen molar-refractivity contribution in [1.29, 1.82) is 0 Å². The van der Waals surface area contributed by atoms with Crippen molar-refractivity contribution >= 4 is 23.5 Å². The molecule has 1 aliphatic heterocycles. The Hall–Kier alpha value is -3.27. The van der Waals surface area contributed by atoms with Crippen molar-refractivity contribution in [3.05, 3.63) is 59.0 Å². The largest absolute Gasteiger partial charge is 0.447 e. The molecular formula is C21H20F3N3O4. The minimum atomic E-state index is -1.36. The molecule has 1 aromatic carbocycles. The number of hydrogen-bond acceptors (Lipinski definition) is 6. The lowest BCUT2D eigenvalue weighted by molar-refractivity contribution is -0.159. The maximum atomic E-state index is 13.8. The molecular weight excluding hydrogens is 415 g/mol. The number of pyridine rings is 1. The van der Waals surface area contributed by atoms with Crippen molar-refractivity contribution in [2.24, 2.45) is 5.92 Å². The first-order valence-electron chi connectivity index (χ1n) is 9.50. The van der Waals surface area contributed by atoms with Crippen LogP contribution in [0.3, 0.4) is 0 Å². The third kappa shape index (κ3) is 5.26. The number of carbonyl (C=O) groups is 3. The van der Waals surface area contributed by atoms with E-state index in [-0.39, 0.29) is 17.3 Å². The fourth-order valence-electron chi connectivity index (χ4n) is 3.40. The number of piperidine rings is 1. The van der Waals surface area contributed by atoms with Gasteiger partial charge in [0.1, 0.15) is 34.5 Å². The van der Waals surface area contributed by atoms with Crippen molar-refractivity contribution in [2.75, 3.05) is 18.9 Å². The number of ketones is 1. The molecule has 0 bridgehead atoms. The van der Waals surface area contributed by atoms with E-state index in [2.05, 4.69) is 10.3 Å². The number of carbonyl (C=O) groups excluding carboxylic acids is 3. The number of nitrogens with one attached hydrogen (secondary N) is 1. The predicted molar refractivity (Wildman–Crippen MR) is 104 cm³/mol. The standard InChI is InChI=1S/C21H20F3N3O4/c1-11(28)31-18-8-12(6-7-27(18)2)20(29)16-4-3-5-17(25-16)26-21(30)19-14(23)9-13(22)10-15(19)24/h3-5,9-10,12,18H,6-8H2,1-2H3,(H,25,26,30). The number of halogens is 3. The fourth-order valence-corrected chi connectivity index (χ4v) is 3.40. The average molecular weight is 435 g/mol. The molecule has 10 heteroatoms. The van der Waals surface area contributed by atoms with Crippen LogP contribution in [-0.4, -0.2) is 47.4 Å². The van der Waals surface area contributed by atoms with Crippen LogP contribution >= 0.6 is 0 Å². The van der Waals surface area contributed by atoms with Crippen LogP contribution in [0.15, 0.2) is 30.3 Å². The molecule has 0 spiro atoms. The SMILES string of the molecule is CC(=O)OC1CC(C(=O)c2cccc(NC(=O)c3c(F)cc(F)cc3F)n2)CCN1C. The summed E-state index contributed by atoms with van der Waals surface area (Å²) in [5.74, 6) is -6.33. The molecule has 2 atom stereocenters. The molecule has 1 aromatic heterocycles. The van der Waals surface area contributed by atoms with Gasteiger partial charge in [-0.05, 0) is 25.6 Å². The first-order valence-corrected chi connectivity index (χ1v) is 9.50. The van der Waals surface area contributed by atoms with Crippen LogP contribution in [-0.2, 0) is 9.53 Å². The summed E-state index contributed by atoms with van der Waals surface area (Å²) in [5.41, 5.74) is -0.909. The van der Waals surface area contributed by atoms with E-state index < -0.39 is 47.0 Å². The van der Waals surface area contributed by atoms with Gasteiger partial charge in [-0.2, -0.15) is 0 Å². The van der Waals surface area contributed by atoms with Crippen LogP contribution < -0.4 is 5.32 Å². The van der Waals surface area contributed by atoms with Crippen LogP contribution in [0.1, 0.15) is 40.6 Å². The third-order valence-corrected chi connectivity index (χ3v) is 4.96. The van der Waals surface area contributed by atoms with Crippen LogP contribution in [0.5, 0.6) is 0 Å². The van der Waals surface area contributed by atoms with E-state index in [0.717, 1.165) is 0 Å². The lowest BCUT2D eigenvalue weighted by atomic mass is 9.90. The zero-order valence-corrected chi connectivity index (χ0v) is 16.8. The van der Waals surface area contributed by atoms with Gasteiger partial charge in [-0.3, -0.25) is 19.3 Å². The minimum Gasteiger partial charge on any atom is -0.447 e. The highest BCUT2D eigenvalue weighted by molar-refractivity contribution is 6.04. The molecule has 3 rings (SSSR count). The van der Waals surface area contributed by atoms with E-state index in [9.17, 15) is 27.6 Å². The van der Waals surface area contributed by atoms with Gasteiger partial charge in [-0.25, -0.2) is 18.2 Å². The second kappa shape index (κ2) is 9.25. The highest BCUT2D eigenvalue weighted by Gasteiger charge is 2.33. The molecule has 7 nitrogen and oxygen atoms in total. The summed E-state index contributed by atoms with van der Waals surface area (Å²) in [6.45, 7) is 1.83. The van der Waals surface area contributed by atoms with Gasteiger partial charge in [0.25, 0.3) is 5.91 Å². The number of benzene rings is 1. The summed E-state index contributed by atoms with van der Waals surface area (Å²) < 4.78 is 45.9. The summed E-state index contributed by atoms with van der Waals surface area (Å²) in [6, 6.07) is 5.06. The summed E-state index contributed by atoms with van der Waals surface area (Å²) in [5, 5.41) is 2.22. The summed E-state index contributed by atoms with van der Waals surface area (Å²) in [7, 11) is 1.79. The molecule has 1 amide bonds. The van der Waals surface area contributed by atoms with E-state index in [1.54, 1.807) is 7.05 Å². The number of anilines is 1. The average Bonchev–Trinajstić information content (AvgIpc) is 2.68. The first-order chi connectivity index (χ1) is 14.7. The van der Waals surface area contributed by atoms with Crippen LogP contribution in [0.2, 0.25) is 0 Å². The monoisotopic (exact) mass is 435 g/mol. The lowest BCUT2D eigenvalue weighted by Crippen LogP contribution is -2.44. The Labute approximate surface area is 176 Å². The van der Waals surface area contributed by atoms with E-state index in [1.807, 2.05) is 4.90 Å². The van der Waals surface area contributed by atoms with Crippen molar-refractivity contribution in [3.8, 4) is 0 Å². The van der Waals surface area contributed by atoms with Crippen molar-refractivity contribution in [2.45, 2.75) is 26.0 Å². The molecule has 0 radical (unpaired) electrons. The second-order valence-electron chi connectivity index (χ2n) is 7.24. The highest BCUT2D eigenvalue weighted by Crippen LogP contribution is 2.26. The molecule has 2 heterocycles. The van der Waals surface area contributed by atoms with Crippen molar-refractivity contribution in [1.82, 2.24) is 9.88 Å². The van der Waals surface area contributed by atoms with Gasteiger partial charge in [0.2, 0.25) is 0 Å². The van der Waals surface area contributed by atoms with E-state index in [4.69, 9.17) is 4.74 Å². The molecule has 1 aliphatic rings. The van der Waals surface area contributed by atoms with Crippen LogP contribution in [0.25, 0.3) is 0 Å². The van der Waals surface area contributed by atoms with Gasteiger partial charge in [-0.15, -0.1) is 0 Å². The number of nitrogens with zero attached hydrogens (tertiary/aromatic N) is 2. The van der Waals surface area contributed by atoms with Gasteiger partial charge < -0.3 is 10.1 Å². The topological polar surface area (TPSA) is 88.6 Å². The zero-order valence-electron chi connectivity index (χ0n) is 16.8. The van der Waals surface area contributed by atoms with Crippen LogP contribution in [0, 0.1) is 23.4 Å². The number of rotatable bonds is 5. The van der Waals surface area contributed by atoms with E-state index in [0.29, 0.717) is 31.5 Å². The van der Waals surface area contributed by atoms with Gasteiger partial charge in [0.15, 0.2) is 12.0 Å². The number of likely N-dealkylation sites (tertiary alicyclic amines) is 1. The quantitative estimate of drug-likeness (QED) is 0.573. The molecule has 0 saturated carbocycles. The molecule has 1 fully saturated rings. The molecule has 164 valence electrons. The van der Waals surface area contributed by atoms with Gasteiger partial charge in [0.05, 0.1) is 0 Å². The van der Waals surface area contributed by atoms with E-state index >= 15 is 0 Å². The second-order valence-corrected chi connectivity index (χ2v) is 7.24. The molecule has 0 aliphatic carbocycles. The van der Waals surface area contributed by atoms with Gasteiger partial charge in [-0.1, -0.05) is 6.07 Å². The predicted octanol–water partition coefficient (Wildman–Crippen LogP) is 3.16. The summed E-state index contributed by atoms with van der Waals surface area (Å²) >= 11 is 0. The smallest absolute Gasteiger partial charge is 0.304 e. The fraction of sp³-hybridized carbons (Fsp3) is 0.333. The number of amides is 1. The highest BCUT2D eigenvalue weighted by atomic mass is 19.1. The number of esters is 1. The minimum absolute atomic E-state index is 0.0500. The number of ether oxygens (including phenoxy) is 1. The maximum absolute atomic E-state index is 13.8. The van der Waals surface area contributed by atoms with Crippen molar-refractivity contribution < 1.29 is 32.3 Å². The van der Waals surface area contributed by atoms with E-state index in [1.165, 1.54) is 25.1 Å². The molecule has 31 heavy (non-hydrogen) atoms. The molecule has 1 saturated heterocycles. The van der Waals surface area contributed by atoms with Crippen molar-refractivity contribution in [3.63, 3.8) is 0 Å². The Bertz CT molecular complexity index is 1010. The number of hydrogen-bond donors (Lipinski definition) is 1. The molecule has 1 N–H and O–H groups in total. The number of aromatic nitrogens is 1. The summed E-state index contributed by atoms with van der Waals surface area (Å²) in [6.07, 6.45) is 0.281. The van der Waals surface area contributed by atoms with Gasteiger partial charge in [0, 0.05) is 37.9 Å². The maximum Gasteiger partial charge on any atom is 0.304 e. The van der Waals surface area contributed by atoms with Gasteiger partial charge >= 0.3 is 5.97 Å². The molecule has 2 unspecified atom stereocenters. The summed E-state index contributed by atoms with van der Waals surface area (Å²) in [4.78, 5) is 42.3. The zero-order chi connectivity index (χ0) is 22.7. The lowest BCUT2D eigenvalue weighted by Gasteiger charge is -2.35. The Kier molecular flexibility index (Phi) is 6.69. The van der Waals surface area contributed by atoms with Crippen LogP contribution in [0.4, 0.5) is 19.0 Å². The molecule has 2 aromatic rings. The third-order valence-electron chi connectivity index (χ3n) is 4.96. The Morgan fingerprint density at radius 2 is 1.84 bits per heavy atom. The first kappa shape index (κ1) is 22.4.